The van der Waals surface area contributed by atoms with Gasteiger partial charge in [-0.25, -0.2) is 0 Å². The van der Waals surface area contributed by atoms with Crippen LogP contribution < -0.4 is 5.73 Å². The Labute approximate surface area is 126 Å². The van der Waals surface area contributed by atoms with Crippen molar-refractivity contribution < 1.29 is 0 Å². The molecule has 3 rings (SSSR count). The monoisotopic (exact) mass is 279 g/mol. The number of hydrogen-bond donors (Lipinski definition) is 1. The summed E-state index contributed by atoms with van der Waals surface area (Å²) in [7, 11) is 0. The molecule has 2 aromatic carbocycles. The first-order valence-corrected chi connectivity index (χ1v) is 7.33. The molecule has 0 aliphatic carbocycles. The second-order valence-electron chi connectivity index (χ2n) is 5.69. The SMILES string of the molecule is Cc1ccc(C)c(C2CN=C(N)N2Cc2ccccc2)c1. The molecule has 0 fully saturated rings. The van der Waals surface area contributed by atoms with E-state index >= 15 is 0 Å². The Balaban J connectivity index is 1.90. The van der Waals surface area contributed by atoms with Crippen LogP contribution in [0, 0.1) is 13.8 Å². The van der Waals surface area contributed by atoms with Crippen LogP contribution in [0.2, 0.25) is 0 Å². The second kappa shape index (κ2) is 5.60. The third-order valence-electron chi connectivity index (χ3n) is 4.09. The lowest BCUT2D eigenvalue weighted by atomic mass is 9.98. The van der Waals surface area contributed by atoms with Gasteiger partial charge in [0, 0.05) is 6.54 Å². The number of rotatable bonds is 3. The van der Waals surface area contributed by atoms with Crippen molar-refractivity contribution in [3.8, 4) is 0 Å². The van der Waals surface area contributed by atoms with Crippen LogP contribution >= 0.6 is 0 Å². The van der Waals surface area contributed by atoms with Crippen molar-refractivity contribution >= 4 is 5.96 Å². The van der Waals surface area contributed by atoms with Crippen LogP contribution in [-0.2, 0) is 6.54 Å². The predicted octanol–water partition coefficient (Wildman–Crippen LogP) is 3.18. The summed E-state index contributed by atoms with van der Waals surface area (Å²) in [4.78, 5) is 6.67. The largest absolute Gasteiger partial charge is 0.370 e. The molecule has 2 N–H and O–H groups in total. The van der Waals surface area contributed by atoms with Gasteiger partial charge in [-0.05, 0) is 30.5 Å². The van der Waals surface area contributed by atoms with Gasteiger partial charge in [0.15, 0.2) is 5.96 Å². The van der Waals surface area contributed by atoms with Gasteiger partial charge in [-0.2, -0.15) is 0 Å². The average molecular weight is 279 g/mol. The number of nitrogens with two attached hydrogens (primary N) is 1. The molecule has 0 spiro atoms. The summed E-state index contributed by atoms with van der Waals surface area (Å²) < 4.78 is 0. The fraction of sp³-hybridized carbons (Fsp3) is 0.278. The molecule has 108 valence electrons. The highest BCUT2D eigenvalue weighted by atomic mass is 15.3. The van der Waals surface area contributed by atoms with Gasteiger partial charge in [0.05, 0.1) is 12.6 Å². The van der Waals surface area contributed by atoms with Gasteiger partial charge in [-0.3, -0.25) is 4.99 Å². The molecule has 0 saturated heterocycles. The predicted molar refractivity (Wildman–Crippen MR) is 87.1 cm³/mol. The number of nitrogens with zero attached hydrogens (tertiary/aromatic N) is 2. The normalized spacial score (nSPS) is 17.9. The molecule has 1 heterocycles. The minimum absolute atomic E-state index is 0.241. The molecule has 0 amide bonds. The zero-order chi connectivity index (χ0) is 14.8. The number of aliphatic imine (C=N–C) groups is 1. The Morgan fingerprint density at radius 2 is 1.90 bits per heavy atom. The molecule has 1 aliphatic heterocycles. The van der Waals surface area contributed by atoms with Crippen LogP contribution in [-0.4, -0.2) is 17.4 Å². The molecular formula is C18H21N3. The summed E-state index contributed by atoms with van der Waals surface area (Å²) in [5, 5.41) is 0. The lowest BCUT2D eigenvalue weighted by Crippen LogP contribution is -2.35. The molecule has 3 nitrogen and oxygen atoms in total. The molecule has 0 aromatic heterocycles. The Morgan fingerprint density at radius 1 is 1.14 bits per heavy atom. The molecule has 21 heavy (non-hydrogen) atoms. The van der Waals surface area contributed by atoms with Gasteiger partial charge < -0.3 is 10.6 Å². The van der Waals surface area contributed by atoms with E-state index in [4.69, 9.17) is 5.73 Å². The Morgan fingerprint density at radius 3 is 2.67 bits per heavy atom. The number of benzene rings is 2. The van der Waals surface area contributed by atoms with E-state index in [2.05, 4.69) is 66.2 Å². The van der Waals surface area contributed by atoms with Gasteiger partial charge in [0.1, 0.15) is 0 Å². The van der Waals surface area contributed by atoms with Crippen molar-refractivity contribution in [3.05, 3.63) is 70.8 Å². The fourth-order valence-electron chi connectivity index (χ4n) is 2.89. The Kier molecular flexibility index (Phi) is 3.65. The van der Waals surface area contributed by atoms with E-state index < -0.39 is 0 Å². The average Bonchev–Trinajstić information content (AvgIpc) is 2.84. The summed E-state index contributed by atoms with van der Waals surface area (Å²) in [5.41, 5.74) is 11.3. The minimum Gasteiger partial charge on any atom is -0.370 e. The van der Waals surface area contributed by atoms with Crippen LogP contribution in [0.5, 0.6) is 0 Å². The molecule has 1 aliphatic rings. The topological polar surface area (TPSA) is 41.6 Å². The minimum atomic E-state index is 0.241. The smallest absolute Gasteiger partial charge is 0.192 e. The van der Waals surface area contributed by atoms with Crippen LogP contribution in [0.25, 0.3) is 0 Å². The number of hydrogen-bond acceptors (Lipinski definition) is 3. The van der Waals surface area contributed by atoms with Gasteiger partial charge in [0.25, 0.3) is 0 Å². The van der Waals surface area contributed by atoms with Crippen LogP contribution in [0.1, 0.15) is 28.3 Å². The first-order valence-electron chi connectivity index (χ1n) is 7.33. The van der Waals surface area contributed by atoms with E-state index in [9.17, 15) is 0 Å². The van der Waals surface area contributed by atoms with Crippen molar-refractivity contribution in [2.24, 2.45) is 10.7 Å². The van der Waals surface area contributed by atoms with Crippen molar-refractivity contribution in [1.29, 1.82) is 0 Å². The third-order valence-corrected chi connectivity index (χ3v) is 4.09. The van der Waals surface area contributed by atoms with Crippen molar-refractivity contribution in [2.75, 3.05) is 6.54 Å². The number of aryl methyl sites for hydroxylation is 2. The first-order chi connectivity index (χ1) is 10.1. The summed E-state index contributed by atoms with van der Waals surface area (Å²) in [5.74, 6) is 0.643. The highest BCUT2D eigenvalue weighted by Gasteiger charge is 2.28. The quantitative estimate of drug-likeness (QED) is 0.937. The maximum atomic E-state index is 6.12. The van der Waals surface area contributed by atoms with Gasteiger partial charge in [-0.15, -0.1) is 0 Å². The highest BCUT2D eigenvalue weighted by molar-refractivity contribution is 5.80. The zero-order valence-electron chi connectivity index (χ0n) is 12.6. The molecule has 3 heteroatoms. The van der Waals surface area contributed by atoms with Crippen molar-refractivity contribution in [1.82, 2.24) is 4.90 Å². The standard InChI is InChI=1S/C18H21N3/c1-13-8-9-14(2)16(10-13)17-11-20-18(19)21(17)12-15-6-4-3-5-7-15/h3-10,17H,11-12H2,1-2H3,(H2,19,20). The lowest BCUT2D eigenvalue weighted by Gasteiger charge is -2.28. The van der Waals surface area contributed by atoms with E-state index in [-0.39, 0.29) is 6.04 Å². The van der Waals surface area contributed by atoms with Gasteiger partial charge in [0.2, 0.25) is 0 Å². The van der Waals surface area contributed by atoms with Crippen molar-refractivity contribution in [2.45, 2.75) is 26.4 Å². The summed E-state index contributed by atoms with van der Waals surface area (Å²) in [6.07, 6.45) is 0. The van der Waals surface area contributed by atoms with E-state index in [1.807, 2.05) is 6.07 Å². The molecule has 1 atom stereocenters. The highest BCUT2D eigenvalue weighted by Crippen LogP contribution is 2.30. The summed E-state index contributed by atoms with van der Waals surface area (Å²) >= 11 is 0. The van der Waals surface area contributed by atoms with E-state index in [1.165, 1.54) is 22.3 Å². The van der Waals surface area contributed by atoms with Crippen LogP contribution in [0.15, 0.2) is 53.5 Å². The molecule has 0 saturated carbocycles. The van der Waals surface area contributed by atoms with Crippen molar-refractivity contribution in [3.63, 3.8) is 0 Å². The van der Waals surface area contributed by atoms with Crippen LogP contribution in [0.3, 0.4) is 0 Å². The summed E-state index contributed by atoms with van der Waals surface area (Å²) in [6, 6.07) is 17.2. The van der Waals surface area contributed by atoms with E-state index in [0.717, 1.165) is 13.1 Å². The maximum Gasteiger partial charge on any atom is 0.192 e. The van der Waals surface area contributed by atoms with Gasteiger partial charge in [-0.1, -0.05) is 54.1 Å². The Bertz CT molecular complexity index is 661. The van der Waals surface area contributed by atoms with E-state index in [0.29, 0.717) is 5.96 Å². The molecule has 0 bridgehead atoms. The second-order valence-corrected chi connectivity index (χ2v) is 5.69. The van der Waals surface area contributed by atoms with Gasteiger partial charge >= 0.3 is 0 Å². The Hall–Kier alpha value is -2.29. The van der Waals surface area contributed by atoms with Crippen LogP contribution in [0.4, 0.5) is 0 Å². The summed E-state index contributed by atoms with van der Waals surface area (Å²) in [6.45, 7) is 5.82. The lowest BCUT2D eigenvalue weighted by molar-refractivity contribution is 0.339. The molecule has 1 unspecified atom stereocenters. The number of guanidine groups is 1. The molecule has 0 radical (unpaired) electrons. The third kappa shape index (κ3) is 2.77. The molecular weight excluding hydrogens is 258 g/mol. The first kappa shape index (κ1) is 13.7. The maximum absolute atomic E-state index is 6.12. The zero-order valence-corrected chi connectivity index (χ0v) is 12.6. The fourth-order valence-corrected chi connectivity index (χ4v) is 2.89. The van der Waals surface area contributed by atoms with E-state index in [1.54, 1.807) is 0 Å². The molecule has 2 aromatic rings.